The monoisotopic (exact) mass is 569 g/mol. The average molecular weight is 570 g/mol. The van der Waals surface area contributed by atoms with E-state index in [-0.39, 0.29) is 29.1 Å². The smallest absolute Gasteiger partial charge is 0.264 e. The number of sulfonamides is 1. The number of carbonyl (C=O) groups excluding carboxylic acids is 2. The molecule has 0 aliphatic heterocycles. The lowest BCUT2D eigenvalue weighted by Crippen LogP contribution is -2.52. The maximum atomic E-state index is 14.0. The van der Waals surface area contributed by atoms with Crippen molar-refractivity contribution >= 4 is 39.1 Å². The van der Waals surface area contributed by atoms with E-state index in [1.807, 2.05) is 52.0 Å². The molecule has 0 saturated carbocycles. The van der Waals surface area contributed by atoms with Crippen molar-refractivity contribution in [2.75, 3.05) is 10.8 Å². The number of rotatable bonds is 11. The van der Waals surface area contributed by atoms with Crippen LogP contribution in [0.5, 0.6) is 0 Å². The van der Waals surface area contributed by atoms with Gasteiger partial charge in [0.25, 0.3) is 10.0 Å². The molecule has 9 heteroatoms. The number of hydrogen-bond acceptors (Lipinski definition) is 4. The molecule has 0 aliphatic carbocycles. The highest BCUT2D eigenvalue weighted by molar-refractivity contribution is 7.92. The quantitative estimate of drug-likeness (QED) is 0.331. The van der Waals surface area contributed by atoms with Crippen LogP contribution >= 0.6 is 11.6 Å². The van der Waals surface area contributed by atoms with Crippen LogP contribution in [-0.2, 0) is 26.2 Å². The molecule has 39 heavy (non-hydrogen) atoms. The van der Waals surface area contributed by atoms with Crippen LogP contribution in [0.4, 0.5) is 5.69 Å². The van der Waals surface area contributed by atoms with Crippen molar-refractivity contribution in [1.29, 1.82) is 0 Å². The zero-order valence-corrected chi connectivity index (χ0v) is 24.6. The Morgan fingerprint density at radius 2 is 1.56 bits per heavy atom. The molecule has 0 heterocycles. The molecule has 0 spiro atoms. The van der Waals surface area contributed by atoms with Crippen LogP contribution in [0, 0.1) is 13.8 Å². The van der Waals surface area contributed by atoms with Crippen molar-refractivity contribution in [2.24, 2.45) is 0 Å². The summed E-state index contributed by atoms with van der Waals surface area (Å²) in [6.45, 7) is 8.90. The van der Waals surface area contributed by atoms with Crippen molar-refractivity contribution in [1.82, 2.24) is 10.2 Å². The lowest BCUT2D eigenvalue weighted by atomic mass is 10.1. The second-order valence-corrected chi connectivity index (χ2v) is 12.0. The minimum absolute atomic E-state index is 0.0440. The van der Waals surface area contributed by atoms with E-state index in [9.17, 15) is 18.0 Å². The van der Waals surface area contributed by atoms with Gasteiger partial charge < -0.3 is 10.2 Å². The highest BCUT2D eigenvalue weighted by Gasteiger charge is 2.33. The van der Waals surface area contributed by atoms with E-state index >= 15 is 0 Å². The molecule has 1 N–H and O–H groups in total. The molecule has 0 aromatic heterocycles. The Bertz CT molecular complexity index is 1410. The highest BCUT2D eigenvalue weighted by Crippen LogP contribution is 2.28. The zero-order valence-electron chi connectivity index (χ0n) is 23.0. The lowest BCUT2D eigenvalue weighted by Gasteiger charge is -2.33. The number of amides is 2. The Labute approximate surface area is 236 Å². The third-order valence-corrected chi connectivity index (χ3v) is 9.02. The van der Waals surface area contributed by atoms with Crippen molar-refractivity contribution in [2.45, 2.75) is 64.6 Å². The number of benzene rings is 3. The average Bonchev–Trinajstić information content (AvgIpc) is 2.92. The summed E-state index contributed by atoms with van der Waals surface area (Å²) < 4.78 is 28.7. The van der Waals surface area contributed by atoms with Crippen molar-refractivity contribution in [3.8, 4) is 0 Å². The van der Waals surface area contributed by atoms with E-state index < -0.39 is 28.5 Å². The Hall–Kier alpha value is -3.36. The maximum Gasteiger partial charge on any atom is 0.264 e. The highest BCUT2D eigenvalue weighted by atomic mass is 35.5. The maximum absolute atomic E-state index is 14.0. The first kappa shape index (κ1) is 30.2. The topological polar surface area (TPSA) is 86.8 Å². The summed E-state index contributed by atoms with van der Waals surface area (Å²) in [4.78, 5) is 28.6. The molecule has 7 nitrogen and oxygen atoms in total. The van der Waals surface area contributed by atoms with Crippen molar-refractivity contribution in [3.63, 3.8) is 0 Å². The normalized spacial score (nSPS) is 12.9. The lowest BCUT2D eigenvalue weighted by molar-refractivity contribution is -0.139. The summed E-state index contributed by atoms with van der Waals surface area (Å²) in [6, 6.07) is 19.5. The fourth-order valence-electron chi connectivity index (χ4n) is 4.00. The molecule has 3 aromatic carbocycles. The van der Waals surface area contributed by atoms with Crippen LogP contribution < -0.4 is 9.62 Å². The predicted molar refractivity (Wildman–Crippen MR) is 156 cm³/mol. The van der Waals surface area contributed by atoms with E-state index in [1.54, 1.807) is 37.3 Å². The van der Waals surface area contributed by atoms with Crippen molar-refractivity contribution in [3.05, 3.63) is 94.5 Å². The van der Waals surface area contributed by atoms with Gasteiger partial charge in [-0.25, -0.2) is 8.42 Å². The van der Waals surface area contributed by atoms with Crippen LogP contribution in [0.15, 0.2) is 77.7 Å². The minimum Gasteiger partial charge on any atom is -0.352 e. The molecule has 2 unspecified atom stereocenters. The SMILES string of the molecule is CCC(C)NC(=O)C(C)N(Cc1ccccc1C)C(=O)CN(c1ccc(C)c(Cl)c1)S(=O)(=O)c1ccccc1. The van der Waals surface area contributed by atoms with E-state index in [0.29, 0.717) is 5.02 Å². The number of nitrogens with one attached hydrogen (secondary N) is 1. The number of halogens is 1. The first-order valence-corrected chi connectivity index (χ1v) is 14.8. The van der Waals surface area contributed by atoms with E-state index in [2.05, 4.69) is 5.32 Å². The van der Waals surface area contributed by atoms with Gasteiger partial charge in [0.15, 0.2) is 0 Å². The number of nitrogens with zero attached hydrogens (tertiary/aromatic N) is 2. The number of aryl methyl sites for hydroxylation is 2. The summed E-state index contributed by atoms with van der Waals surface area (Å²) in [5.74, 6) is -0.816. The van der Waals surface area contributed by atoms with Gasteiger partial charge in [0, 0.05) is 17.6 Å². The van der Waals surface area contributed by atoms with Gasteiger partial charge in [-0.1, -0.05) is 67.1 Å². The Morgan fingerprint density at radius 3 is 2.18 bits per heavy atom. The molecular formula is C30H36ClN3O4S. The summed E-state index contributed by atoms with van der Waals surface area (Å²) >= 11 is 6.36. The van der Waals surface area contributed by atoms with Gasteiger partial charge in [-0.05, 0) is 75.1 Å². The third-order valence-electron chi connectivity index (χ3n) is 6.82. The summed E-state index contributed by atoms with van der Waals surface area (Å²) in [5, 5.41) is 3.32. The van der Waals surface area contributed by atoms with Crippen molar-refractivity contribution < 1.29 is 18.0 Å². The Kier molecular flexibility index (Phi) is 10.2. The van der Waals surface area contributed by atoms with Crippen LogP contribution in [0.25, 0.3) is 0 Å². The first-order chi connectivity index (χ1) is 18.4. The first-order valence-electron chi connectivity index (χ1n) is 12.9. The van der Waals surface area contributed by atoms with Gasteiger partial charge in [0.1, 0.15) is 12.6 Å². The summed E-state index contributed by atoms with van der Waals surface area (Å²) in [5.41, 5.74) is 2.87. The largest absolute Gasteiger partial charge is 0.352 e. The van der Waals surface area contributed by atoms with Gasteiger partial charge in [-0.15, -0.1) is 0 Å². The fourth-order valence-corrected chi connectivity index (χ4v) is 5.61. The Morgan fingerprint density at radius 1 is 0.923 bits per heavy atom. The van der Waals surface area contributed by atoms with Gasteiger partial charge >= 0.3 is 0 Å². The summed E-state index contributed by atoms with van der Waals surface area (Å²) in [7, 11) is -4.14. The molecule has 2 amide bonds. The number of carbonyl (C=O) groups is 2. The zero-order chi connectivity index (χ0) is 28.7. The molecule has 2 atom stereocenters. The van der Waals surface area contributed by atoms with Gasteiger partial charge in [0.2, 0.25) is 11.8 Å². The second kappa shape index (κ2) is 13.1. The molecule has 0 fully saturated rings. The standard InChI is InChI=1S/C30H36ClN3O4S/c1-6-23(4)32-30(36)24(5)33(19-25-13-11-10-12-21(25)2)29(35)20-34(26-17-16-22(3)28(31)18-26)39(37,38)27-14-8-7-9-15-27/h7-18,23-24H,6,19-20H2,1-5H3,(H,32,36). The molecule has 3 rings (SSSR count). The van der Waals surface area contributed by atoms with Crippen LogP contribution in [0.2, 0.25) is 5.02 Å². The van der Waals surface area contributed by atoms with E-state index in [4.69, 9.17) is 11.6 Å². The van der Waals surface area contributed by atoms with Gasteiger partial charge in [-0.2, -0.15) is 0 Å². The van der Waals surface area contributed by atoms with Crippen LogP contribution in [-0.4, -0.2) is 43.8 Å². The van der Waals surface area contributed by atoms with E-state index in [1.165, 1.54) is 23.1 Å². The predicted octanol–water partition coefficient (Wildman–Crippen LogP) is 5.48. The Balaban J connectivity index is 2.05. The minimum atomic E-state index is -4.14. The van der Waals surface area contributed by atoms with Crippen LogP contribution in [0.3, 0.4) is 0 Å². The van der Waals surface area contributed by atoms with E-state index in [0.717, 1.165) is 27.4 Å². The molecule has 3 aromatic rings. The molecule has 0 aliphatic rings. The molecular weight excluding hydrogens is 534 g/mol. The van der Waals surface area contributed by atoms with Crippen LogP contribution in [0.1, 0.15) is 43.9 Å². The second-order valence-electron chi connectivity index (χ2n) is 9.70. The summed E-state index contributed by atoms with van der Waals surface area (Å²) in [6.07, 6.45) is 0.738. The van der Waals surface area contributed by atoms with Gasteiger partial charge in [-0.3, -0.25) is 13.9 Å². The molecule has 208 valence electrons. The third kappa shape index (κ3) is 7.40. The number of anilines is 1. The molecule has 0 bridgehead atoms. The van der Waals surface area contributed by atoms with Gasteiger partial charge in [0.05, 0.1) is 10.6 Å². The molecule has 0 radical (unpaired) electrons. The molecule has 0 saturated heterocycles. The number of hydrogen-bond donors (Lipinski definition) is 1. The fraction of sp³-hybridized carbons (Fsp3) is 0.333.